The molecule has 0 radical (unpaired) electrons. The summed E-state index contributed by atoms with van der Waals surface area (Å²) in [5.74, 6) is 1.50. The molecule has 0 heterocycles. The van der Waals surface area contributed by atoms with Gasteiger partial charge < -0.3 is 19.9 Å². The molecular weight excluding hydrogens is 306 g/mol. The Hall–Kier alpha value is -2.69. The molecule has 1 atom stereocenters. The van der Waals surface area contributed by atoms with Gasteiger partial charge in [0.25, 0.3) is 0 Å². The molecule has 24 heavy (non-hydrogen) atoms. The molecule has 0 saturated heterocycles. The van der Waals surface area contributed by atoms with Crippen molar-refractivity contribution in [1.82, 2.24) is 0 Å². The number of carbonyl (C=O) groups is 1. The van der Waals surface area contributed by atoms with Gasteiger partial charge in [-0.05, 0) is 48.2 Å². The van der Waals surface area contributed by atoms with Gasteiger partial charge in [-0.2, -0.15) is 0 Å². The van der Waals surface area contributed by atoms with Crippen LogP contribution >= 0.6 is 0 Å². The molecule has 5 heteroatoms. The molecule has 2 rings (SSSR count). The van der Waals surface area contributed by atoms with Gasteiger partial charge in [0.1, 0.15) is 17.2 Å². The molecule has 0 aromatic heterocycles. The Morgan fingerprint density at radius 3 is 2.54 bits per heavy atom. The van der Waals surface area contributed by atoms with Crippen LogP contribution in [0, 0.1) is 6.92 Å². The second-order valence-electron chi connectivity index (χ2n) is 5.76. The van der Waals surface area contributed by atoms with Gasteiger partial charge in [0, 0.05) is 18.2 Å². The van der Waals surface area contributed by atoms with Crippen molar-refractivity contribution in [2.24, 2.45) is 0 Å². The molecule has 0 saturated carbocycles. The normalized spacial score (nSPS) is 11.7. The number of aryl methyl sites for hydroxylation is 1. The lowest BCUT2D eigenvalue weighted by molar-refractivity contribution is -0.116. The number of ether oxygens (including phenoxy) is 2. The number of carbonyl (C=O) groups excluding carboxylic acids is 1. The van der Waals surface area contributed by atoms with Crippen molar-refractivity contribution < 1.29 is 19.4 Å². The number of phenols is 1. The van der Waals surface area contributed by atoms with E-state index in [1.165, 1.54) is 0 Å². The molecule has 2 N–H and O–H groups in total. The van der Waals surface area contributed by atoms with E-state index in [0.717, 1.165) is 11.1 Å². The van der Waals surface area contributed by atoms with Crippen LogP contribution in [0.2, 0.25) is 0 Å². The highest BCUT2D eigenvalue weighted by molar-refractivity contribution is 5.92. The zero-order chi connectivity index (χ0) is 17.7. The van der Waals surface area contributed by atoms with Gasteiger partial charge >= 0.3 is 0 Å². The van der Waals surface area contributed by atoms with Gasteiger partial charge in [-0.3, -0.25) is 4.79 Å². The monoisotopic (exact) mass is 329 g/mol. The van der Waals surface area contributed by atoms with Gasteiger partial charge in [-0.25, -0.2) is 0 Å². The van der Waals surface area contributed by atoms with Crippen LogP contribution in [0.3, 0.4) is 0 Å². The minimum atomic E-state index is -0.0887. The van der Waals surface area contributed by atoms with Crippen molar-refractivity contribution in [2.75, 3.05) is 19.5 Å². The molecule has 1 amide bonds. The van der Waals surface area contributed by atoms with Gasteiger partial charge in [0.2, 0.25) is 5.91 Å². The van der Waals surface area contributed by atoms with Gasteiger partial charge in [0.15, 0.2) is 0 Å². The largest absolute Gasteiger partial charge is 0.508 e. The summed E-state index contributed by atoms with van der Waals surface area (Å²) >= 11 is 0. The van der Waals surface area contributed by atoms with E-state index in [0.29, 0.717) is 23.6 Å². The van der Waals surface area contributed by atoms with Crippen molar-refractivity contribution in [3.8, 4) is 17.2 Å². The second-order valence-corrected chi connectivity index (χ2v) is 5.76. The Morgan fingerprint density at radius 2 is 1.92 bits per heavy atom. The van der Waals surface area contributed by atoms with E-state index in [1.807, 2.05) is 32.0 Å². The Morgan fingerprint density at radius 1 is 1.17 bits per heavy atom. The first kappa shape index (κ1) is 17.7. The number of amides is 1. The molecule has 2 aromatic carbocycles. The Kier molecular flexibility index (Phi) is 5.68. The minimum Gasteiger partial charge on any atom is -0.508 e. The quantitative estimate of drug-likeness (QED) is 0.790. The van der Waals surface area contributed by atoms with Crippen LogP contribution in [0.5, 0.6) is 17.2 Å². The highest BCUT2D eigenvalue weighted by Gasteiger charge is 2.16. The van der Waals surface area contributed by atoms with Gasteiger partial charge in [-0.15, -0.1) is 0 Å². The fraction of sp³-hybridized carbons (Fsp3) is 0.316. The van der Waals surface area contributed by atoms with Gasteiger partial charge in [0.05, 0.1) is 14.2 Å². The summed E-state index contributed by atoms with van der Waals surface area (Å²) in [6.07, 6.45) is 0.322. The van der Waals surface area contributed by atoms with Crippen LogP contribution in [-0.4, -0.2) is 25.2 Å². The number of hydrogen-bond acceptors (Lipinski definition) is 4. The highest BCUT2D eigenvalue weighted by atomic mass is 16.5. The molecule has 0 aliphatic rings. The minimum absolute atomic E-state index is 0.0109. The number of anilines is 1. The Bertz CT molecular complexity index is 727. The lowest BCUT2D eigenvalue weighted by Crippen LogP contribution is -2.15. The summed E-state index contributed by atoms with van der Waals surface area (Å²) < 4.78 is 10.6. The van der Waals surface area contributed by atoms with Crippen molar-refractivity contribution in [1.29, 1.82) is 0 Å². The molecular formula is C19H23NO4. The van der Waals surface area contributed by atoms with E-state index in [2.05, 4.69) is 5.32 Å². The lowest BCUT2D eigenvalue weighted by Gasteiger charge is -2.17. The molecule has 128 valence electrons. The predicted octanol–water partition coefficient (Wildman–Crippen LogP) is 3.85. The maximum Gasteiger partial charge on any atom is 0.224 e. The summed E-state index contributed by atoms with van der Waals surface area (Å²) in [6.45, 7) is 3.82. The van der Waals surface area contributed by atoms with Crippen molar-refractivity contribution in [3.63, 3.8) is 0 Å². The maximum atomic E-state index is 12.3. The molecule has 0 aliphatic carbocycles. The van der Waals surface area contributed by atoms with Crippen LogP contribution in [0.25, 0.3) is 0 Å². The van der Waals surface area contributed by atoms with Crippen LogP contribution in [0.15, 0.2) is 36.4 Å². The fourth-order valence-corrected chi connectivity index (χ4v) is 2.60. The topological polar surface area (TPSA) is 67.8 Å². The SMILES string of the molecule is COc1ccc(C(C)CC(=O)Nc2ccc(O)cc2C)c(OC)c1. The van der Waals surface area contributed by atoms with Crippen LogP contribution in [0.1, 0.15) is 30.4 Å². The van der Waals surface area contributed by atoms with Crippen LogP contribution in [0.4, 0.5) is 5.69 Å². The fourth-order valence-electron chi connectivity index (χ4n) is 2.60. The van der Waals surface area contributed by atoms with Crippen LogP contribution < -0.4 is 14.8 Å². The average molecular weight is 329 g/mol. The van der Waals surface area contributed by atoms with E-state index in [4.69, 9.17) is 9.47 Å². The Labute approximate surface area is 142 Å². The molecule has 0 spiro atoms. The van der Waals surface area contributed by atoms with Crippen molar-refractivity contribution >= 4 is 11.6 Å². The van der Waals surface area contributed by atoms with E-state index in [1.54, 1.807) is 32.4 Å². The second kappa shape index (κ2) is 7.73. The number of phenolic OH excluding ortho intramolecular Hbond substituents is 1. The molecule has 0 fully saturated rings. The predicted molar refractivity (Wildman–Crippen MR) is 94.1 cm³/mol. The third-order valence-corrected chi connectivity index (χ3v) is 3.95. The molecule has 0 aliphatic heterocycles. The van der Waals surface area contributed by atoms with E-state index in [9.17, 15) is 9.90 Å². The Balaban J connectivity index is 2.08. The first-order valence-electron chi connectivity index (χ1n) is 7.76. The summed E-state index contributed by atoms with van der Waals surface area (Å²) in [5, 5.41) is 12.3. The van der Waals surface area contributed by atoms with Crippen LogP contribution in [-0.2, 0) is 4.79 Å². The third kappa shape index (κ3) is 4.19. The van der Waals surface area contributed by atoms with E-state index >= 15 is 0 Å². The number of benzene rings is 2. The molecule has 2 aromatic rings. The zero-order valence-electron chi connectivity index (χ0n) is 14.4. The van der Waals surface area contributed by atoms with E-state index in [-0.39, 0.29) is 17.6 Å². The van der Waals surface area contributed by atoms with E-state index < -0.39 is 0 Å². The maximum absolute atomic E-state index is 12.3. The molecule has 0 bridgehead atoms. The third-order valence-electron chi connectivity index (χ3n) is 3.95. The number of aromatic hydroxyl groups is 1. The summed E-state index contributed by atoms with van der Waals surface area (Å²) in [7, 11) is 3.20. The summed E-state index contributed by atoms with van der Waals surface area (Å²) in [5.41, 5.74) is 2.47. The number of methoxy groups -OCH3 is 2. The smallest absolute Gasteiger partial charge is 0.224 e. The zero-order valence-corrected chi connectivity index (χ0v) is 14.4. The first-order chi connectivity index (χ1) is 11.4. The molecule has 1 unspecified atom stereocenters. The van der Waals surface area contributed by atoms with Crippen molar-refractivity contribution in [3.05, 3.63) is 47.5 Å². The average Bonchev–Trinajstić information content (AvgIpc) is 2.56. The molecule has 5 nitrogen and oxygen atoms in total. The summed E-state index contributed by atoms with van der Waals surface area (Å²) in [6, 6.07) is 10.5. The number of rotatable bonds is 6. The highest BCUT2D eigenvalue weighted by Crippen LogP contribution is 2.32. The standard InChI is InChI=1S/C19H23NO4/c1-12(16-7-6-15(23-3)11-18(16)24-4)10-19(22)20-17-8-5-14(21)9-13(17)2/h5-9,11-12,21H,10H2,1-4H3,(H,20,22). The number of nitrogens with one attached hydrogen (secondary N) is 1. The lowest BCUT2D eigenvalue weighted by atomic mass is 9.96. The van der Waals surface area contributed by atoms with Crippen molar-refractivity contribution in [2.45, 2.75) is 26.2 Å². The summed E-state index contributed by atoms with van der Waals surface area (Å²) in [4.78, 5) is 12.3. The first-order valence-corrected chi connectivity index (χ1v) is 7.76. The number of hydrogen-bond donors (Lipinski definition) is 2. The van der Waals surface area contributed by atoms with Gasteiger partial charge in [-0.1, -0.05) is 13.0 Å².